The molecule has 1 fully saturated rings. The summed E-state index contributed by atoms with van der Waals surface area (Å²) in [6.45, 7) is 8.13. The average molecular weight is 180 g/mol. The van der Waals surface area contributed by atoms with Crippen LogP contribution in [0.1, 0.15) is 0 Å². The number of epoxide rings is 1. The molecular weight excluding hydrogens is 162 g/mol. The normalized spacial score (nSPS) is 20.8. The SMILES string of the molecule is C=C.C[N+](C)(C)CC1CO1.[Cl-]. The van der Waals surface area contributed by atoms with Crippen LogP contribution in [0.3, 0.4) is 0 Å². The first-order valence-corrected chi connectivity index (χ1v) is 3.50. The monoisotopic (exact) mass is 179 g/mol. The molecular formula is C8H18ClNO. The molecule has 0 aromatic rings. The molecule has 0 bridgehead atoms. The zero-order chi connectivity index (χ0) is 8.20. The maximum absolute atomic E-state index is 5.07. The standard InChI is InChI=1S/C6H14NO.C2H4.ClH/c1-7(2,3)4-6-5-8-6;1-2;/h6H,4-5H2,1-3H3;1-2H2;1H/q+1;;/p-1. The Balaban J connectivity index is 0. The van der Waals surface area contributed by atoms with Crippen LogP contribution < -0.4 is 12.4 Å². The van der Waals surface area contributed by atoms with Crippen molar-refractivity contribution >= 4 is 0 Å². The predicted molar refractivity (Wildman–Crippen MR) is 43.9 cm³/mol. The van der Waals surface area contributed by atoms with Crippen LogP contribution in [0, 0.1) is 0 Å². The summed E-state index contributed by atoms with van der Waals surface area (Å²) in [5.41, 5.74) is 0. The van der Waals surface area contributed by atoms with Gasteiger partial charge in [0.25, 0.3) is 0 Å². The van der Waals surface area contributed by atoms with E-state index in [9.17, 15) is 0 Å². The van der Waals surface area contributed by atoms with Gasteiger partial charge in [-0.05, 0) is 0 Å². The predicted octanol–water partition coefficient (Wildman–Crippen LogP) is -2.10. The number of nitrogens with zero attached hydrogens (tertiary/aromatic N) is 1. The number of hydrogen-bond acceptors (Lipinski definition) is 1. The highest BCUT2D eigenvalue weighted by molar-refractivity contribution is 4.66. The third-order valence-electron chi connectivity index (χ3n) is 1.15. The number of likely N-dealkylation sites (N-methyl/N-ethyl adjacent to an activating group) is 1. The molecule has 1 saturated heterocycles. The van der Waals surface area contributed by atoms with Crippen LogP contribution in [0.15, 0.2) is 13.2 Å². The summed E-state index contributed by atoms with van der Waals surface area (Å²) in [5, 5.41) is 0. The largest absolute Gasteiger partial charge is 1.00 e. The second-order valence-corrected chi connectivity index (χ2v) is 3.43. The van der Waals surface area contributed by atoms with E-state index in [0.29, 0.717) is 6.10 Å². The Morgan fingerprint density at radius 1 is 1.36 bits per heavy atom. The number of quaternary nitrogens is 1. The van der Waals surface area contributed by atoms with Crippen LogP contribution in [0.4, 0.5) is 0 Å². The van der Waals surface area contributed by atoms with Crippen molar-refractivity contribution in [1.82, 2.24) is 0 Å². The molecule has 1 heterocycles. The number of ether oxygens (including phenoxy) is 1. The van der Waals surface area contributed by atoms with Gasteiger partial charge in [0.05, 0.1) is 27.7 Å². The van der Waals surface area contributed by atoms with Crippen molar-refractivity contribution in [3.05, 3.63) is 13.2 Å². The van der Waals surface area contributed by atoms with Crippen molar-refractivity contribution < 1.29 is 21.6 Å². The molecule has 1 unspecified atom stereocenters. The Labute approximate surface area is 75.8 Å². The smallest absolute Gasteiger partial charge is 0.130 e. The summed E-state index contributed by atoms with van der Waals surface area (Å²) >= 11 is 0. The topological polar surface area (TPSA) is 12.5 Å². The Morgan fingerprint density at radius 2 is 1.73 bits per heavy atom. The summed E-state index contributed by atoms with van der Waals surface area (Å²) in [6.07, 6.45) is 0.565. The van der Waals surface area contributed by atoms with Gasteiger partial charge in [0.15, 0.2) is 0 Å². The average Bonchev–Trinajstić information content (AvgIpc) is 2.52. The van der Waals surface area contributed by atoms with Gasteiger partial charge in [0.1, 0.15) is 12.6 Å². The Bertz CT molecular complexity index is 96.8. The minimum Gasteiger partial charge on any atom is -1.00 e. The second-order valence-electron chi connectivity index (χ2n) is 3.43. The number of hydrogen-bond donors (Lipinski definition) is 0. The molecule has 0 radical (unpaired) electrons. The lowest BCUT2D eigenvalue weighted by Gasteiger charge is -2.22. The lowest BCUT2D eigenvalue weighted by atomic mass is 10.4. The lowest BCUT2D eigenvalue weighted by Crippen LogP contribution is -3.00. The fraction of sp³-hybridized carbons (Fsp3) is 0.750. The van der Waals surface area contributed by atoms with E-state index in [2.05, 4.69) is 34.3 Å². The highest BCUT2D eigenvalue weighted by Gasteiger charge is 2.28. The van der Waals surface area contributed by atoms with E-state index in [0.717, 1.165) is 17.6 Å². The zero-order valence-electron chi connectivity index (χ0n) is 7.64. The molecule has 2 nitrogen and oxygen atoms in total. The Morgan fingerprint density at radius 3 is 1.82 bits per heavy atom. The molecule has 0 spiro atoms. The van der Waals surface area contributed by atoms with Gasteiger partial charge in [-0.2, -0.15) is 0 Å². The minimum atomic E-state index is 0. The second kappa shape index (κ2) is 5.58. The van der Waals surface area contributed by atoms with Crippen LogP contribution in [0.2, 0.25) is 0 Å². The summed E-state index contributed by atoms with van der Waals surface area (Å²) < 4.78 is 6.09. The molecule has 0 aromatic heterocycles. The Hall–Kier alpha value is -0.0500. The fourth-order valence-electron chi connectivity index (χ4n) is 0.784. The van der Waals surface area contributed by atoms with Gasteiger partial charge in [0.2, 0.25) is 0 Å². The minimum absolute atomic E-state index is 0. The molecule has 0 aromatic carbocycles. The summed E-state index contributed by atoms with van der Waals surface area (Å²) in [6, 6.07) is 0. The van der Waals surface area contributed by atoms with Gasteiger partial charge in [-0.15, -0.1) is 13.2 Å². The van der Waals surface area contributed by atoms with Crippen molar-refractivity contribution in [2.24, 2.45) is 0 Å². The first kappa shape index (κ1) is 13.5. The van der Waals surface area contributed by atoms with Crippen LogP contribution in [-0.4, -0.2) is 44.9 Å². The Kier molecular flexibility index (Phi) is 6.87. The van der Waals surface area contributed by atoms with Gasteiger partial charge in [0, 0.05) is 0 Å². The summed E-state index contributed by atoms with van der Waals surface area (Å²) in [4.78, 5) is 0. The first-order chi connectivity index (χ1) is 4.58. The zero-order valence-corrected chi connectivity index (χ0v) is 8.40. The molecule has 1 atom stereocenters. The van der Waals surface area contributed by atoms with Gasteiger partial charge in [-0.3, -0.25) is 0 Å². The van der Waals surface area contributed by atoms with Crippen LogP contribution in [-0.2, 0) is 4.74 Å². The molecule has 1 aliphatic rings. The summed E-state index contributed by atoms with van der Waals surface area (Å²) in [5.74, 6) is 0. The third kappa shape index (κ3) is 9.95. The highest BCUT2D eigenvalue weighted by atomic mass is 35.5. The van der Waals surface area contributed by atoms with E-state index in [1.165, 1.54) is 0 Å². The lowest BCUT2D eigenvalue weighted by molar-refractivity contribution is -0.870. The van der Waals surface area contributed by atoms with Crippen molar-refractivity contribution in [2.75, 3.05) is 34.3 Å². The molecule has 3 heteroatoms. The molecule has 1 aliphatic heterocycles. The van der Waals surface area contributed by atoms with Crippen molar-refractivity contribution in [1.29, 1.82) is 0 Å². The van der Waals surface area contributed by atoms with E-state index in [-0.39, 0.29) is 12.4 Å². The quantitative estimate of drug-likeness (QED) is 0.269. The van der Waals surface area contributed by atoms with E-state index in [4.69, 9.17) is 4.74 Å². The highest BCUT2D eigenvalue weighted by Crippen LogP contribution is 2.11. The van der Waals surface area contributed by atoms with Crippen molar-refractivity contribution in [3.63, 3.8) is 0 Å². The molecule has 68 valence electrons. The maximum atomic E-state index is 5.07. The van der Waals surface area contributed by atoms with Crippen LogP contribution >= 0.6 is 0 Å². The molecule has 0 N–H and O–H groups in total. The van der Waals surface area contributed by atoms with Gasteiger partial charge < -0.3 is 21.6 Å². The molecule has 0 amide bonds. The van der Waals surface area contributed by atoms with Crippen molar-refractivity contribution in [3.8, 4) is 0 Å². The maximum Gasteiger partial charge on any atom is 0.130 e. The molecule has 1 rings (SSSR count). The van der Waals surface area contributed by atoms with Crippen molar-refractivity contribution in [2.45, 2.75) is 6.10 Å². The van der Waals surface area contributed by atoms with E-state index in [1.54, 1.807) is 0 Å². The molecule has 0 aliphatic carbocycles. The molecule has 0 saturated carbocycles. The summed E-state index contributed by atoms with van der Waals surface area (Å²) in [7, 11) is 6.55. The first-order valence-electron chi connectivity index (χ1n) is 3.50. The van der Waals surface area contributed by atoms with E-state index in [1.807, 2.05) is 0 Å². The van der Waals surface area contributed by atoms with E-state index >= 15 is 0 Å². The fourth-order valence-corrected chi connectivity index (χ4v) is 0.784. The van der Waals surface area contributed by atoms with Crippen LogP contribution in [0.25, 0.3) is 0 Å². The van der Waals surface area contributed by atoms with Gasteiger partial charge >= 0.3 is 0 Å². The number of rotatable bonds is 2. The van der Waals surface area contributed by atoms with E-state index < -0.39 is 0 Å². The number of halogens is 1. The molecule has 11 heavy (non-hydrogen) atoms. The van der Waals surface area contributed by atoms with Gasteiger partial charge in [-0.25, -0.2) is 0 Å². The third-order valence-corrected chi connectivity index (χ3v) is 1.15. The van der Waals surface area contributed by atoms with Crippen LogP contribution in [0.5, 0.6) is 0 Å². The van der Waals surface area contributed by atoms with Gasteiger partial charge in [-0.1, -0.05) is 0 Å².